The van der Waals surface area contributed by atoms with E-state index in [-0.39, 0.29) is 11.9 Å². The van der Waals surface area contributed by atoms with Crippen LogP contribution in [0.5, 0.6) is 0 Å². The Kier molecular flexibility index (Phi) is 5.05. The average Bonchev–Trinajstić information content (AvgIpc) is 2.84. The SMILES string of the molecule is NC(CCC1CCCC1)c1cc(Cl)c(Br)cc1F. The Labute approximate surface area is 121 Å². The molecule has 0 saturated heterocycles. The third-order valence-corrected chi connectivity index (χ3v) is 5.00. The van der Waals surface area contributed by atoms with Gasteiger partial charge in [0.05, 0.1) is 5.02 Å². The average molecular weight is 335 g/mol. The van der Waals surface area contributed by atoms with Gasteiger partial charge >= 0.3 is 0 Å². The molecule has 1 aliphatic carbocycles. The highest BCUT2D eigenvalue weighted by Gasteiger charge is 2.19. The van der Waals surface area contributed by atoms with Gasteiger partial charge in [-0.2, -0.15) is 0 Å². The first kappa shape index (κ1) is 14.3. The summed E-state index contributed by atoms with van der Waals surface area (Å²) in [5, 5.41) is 0.516. The second-order valence-electron chi connectivity index (χ2n) is 5.12. The molecule has 1 unspecified atom stereocenters. The van der Waals surface area contributed by atoms with Crippen LogP contribution in [0.1, 0.15) is 50.1 Å². The zero-order chi connectivity index (χ0) is 13.1. The van der Waals surface area contributed by atoms with E-state index >= 15 is 0 Å². The second-order valence-corrected chi connectivity index (χ2v) is 6.38. The minimum Gasteiger partial charge on any atom is -0.324 e. The molecule has 1 atom stereocenters. The molecule has 18 heavy (non-hydrogen) atoms. The second kappa shape index (κ2) is 6.36. The molecule has 0 aliphatic heterocycles. The summed E-state index contributed by atoms with van der Waals surface area (Å²) >= 11 is 9.20. The zero-order valence-electron chi connectivity index (χ0n) is 10.3. The van der Waals surface area contributed by atoms with E-state index in [4.69, 9.17) is 17.3 Å². The first-order valence-corrected chi connectivity index (χ1v) is 7.65. The summed E-state index contributed by atoms with van der Waals surface area (Å²) in [6.07, 6.45) is 7.19. The fraction of sp³-hybridized carbons (Fsp3) is 0.571. The van der Waals surface area contributed by atoms with Crippen molar-refractivity contribution in [2.24, 2.45) is 11.7 Å². The van der Waals surface area contributed by atoms with Crippen LogP contribution in [0, 0.1) is 11.7 Å². The first-order chi connectivity index (χ1) is 8.58. The monoisotopic (exact) mass is 333 g/mol. The quantitative estimate of drug-likeness (QED) is 0.751. The minimum atomic E-state index is -0.273. The first-order valence-electron chi connectivity index (χ1n) is 6.48. The van der Waals surface area contributed by atoms with Crippen molar-refractivity contribution < 1.29 is 4.39 Å². The smallest absolute Gasteiger partial charge is 0.129 e. The van der Waals surface area contributed by atoms with Crippen LogP contribution in [0.4, 0.5) is 4.39 Å². The Balaban J connectivity index is 1.99. The van der Waals surface area contributed by atoms with Crippen molar-refractivity contribution in [1.29, 1.82) is 0 Å². The highest BCUT2D eigenvalue weighted by atomic mass is 79.9. The Hall–Kier alpha value is -0.120. The molecule has 1 nitrogen and oxygen atoms in total. The van der Waals surface area contributed by atoms with E-state index in [2.05, 4.69) is 15.9 Å². The van der Waals surface area contributed by atoms with E-state index in [0.717, 1.165) is 18.8 Å². The van der Waals surface area contributed by atoms with Crippen LogP contribution in [-0.2, 0) is 0 Å². The predicted octanol–water partition coefficient (Wildman–Crippen LogP) is 5.21. The third-order valence-electron chi connectivity index (χ3n) is 3.80. The molecular weight excluding hydrogens is 317 g/mol. The highest BCUT2D eigenvalue weighted by molar-refractivity contribution is 9.10. The Morgan fingerprint density at radius 2 is 2.06 bits per heavy atom. The van der Waals surface area contributed by atoms with Crippen LogP contribution in [0.3, 0.4) is 0 Å². The molecule has 1 aliphatic rings. The van der Waals surface area contributed by atoms with Gasteiger partial charge in [0.25, 0.3) is 0 Å². The fourth-order valence-electron chi connectivity index (χ4n) is 2.69. The maximum atomic E-state index is 13.8. The Morgan fingerprint density at radius 3 is 2.72 bits per heavy atom. The predicted molar refractivity (Wildman–Crippen MR) is 77.2 cm³/mol. The van der Waals surface area contributed by atoms with E-state index < -0.39 is 0 Å². The molecule has 2 N–H and O–H groups in total. The Morgan fingerprint density at radius 1 is 1.39 bits per heavy atom. The molecular formula is C14H18BrClFN. The maximum Gasteiger partial charge on any atom is 0.129 e. The van der Waals surface area contributed by atoms with Gasteiger partial charge in [0.15, 0.2) is 0 Å². The van der Waals surface area contributed by atoms with Gasteiger partial charge in [-0.3, -0.25) is 0 Å². The van der Waals surface area contributed by atoms with Gasteiger partial charge in [0.2, 0.25) is 0 Å². The molecule has 0 spiro atoms. The largest absolute Gasteiger partial charge is 0.324 e. The van der Waals surface area contributed by atoms with Gasteiger partial charge in [-0.1, -0.05) is 37.3 Å². The number of benzene rings is 1. The van der Waals surface area contributed by atoms with Crippen LogP contribution in [0.15, 0.2) is 16.6 Å². The van der Waals surface area contributed by atoms with Gasteiger partial charge in [0, 0.05) is 16.1 Å². The molecule has 0 aromatic heterocycles. The lowest BCUT2D eigenvalue weighted by atomic mass is 9.95. The van der Waals surface area contributed by atoms with Crippen molar-refractivity contribution >= 4 is 27.5 Å². The van der Waals surface area contributed by atoms with Crippen LogP contribution >= 0.6 is 27.5 Å². The summed E-state index contributed by atoms with van der Waals surface area (Å²) in [7, 11) is 0. The number of halogens is 3. The van der Waals surface area contributed by atoms with Crippen LogP contribution in [0.25, 0.3) is 0 Å². The van der Waals surface area contributed by atoms with E-state index in [9.17, 15) is 4.39 Å². The van der Waals surface area contributed by atoms with Crippen molar-refractivity contribution in [3.63, 3.8) is 0 Å². The van der Waals surface area contributed by atoms with Crippen molar-refractivity contribution in [2.45, 2.75) is 44.6 Å². The summed E-state index contributed by atoms with van der Waals surface area (Å²) in [5.74, 6) is 0.509. The van der Waals surface area contributed by atoms with Crippen molar-refractivity contribution in [1.82, 2.24) is 0 Å². The van der Waals surface area contributed by atoms with E-state index in [1.807, 2.05) is 0 Å². The lowest BCUT2D eigenvalue weighted by Gasteiger charge is -2.16. The van der Waals surface area contributed by atoms with E-state index in [1.54, 1.807) is 6.07 Å². The van der Waals surface area contributed by atoms with E-state index in [1.165, 1.54) is 31.7 Å². The number of nitrogens with two attached hydrogens (primary N) is 1. The molecule has 1 fully saturated rings. The molecule has 0 heterocycles. The van der Waals surface area contributed by atoms with Crippen LogP contribution in [-0.4, -0.2) is 0 Å². The molecule has 0 amide bonds. The molecule has 2 rings (SSSR count). The highest BCUT2D eigenvalue weighted by Crippen LogP contribution is 2.33. The van der Waals surface area contributed by atoms with Crippen LogP contribution in [0.2, 0.25) is 5.02 Å². The molecule has 100 valence electrons. The molecule has 0 radical (unpaired) electrons. The van der Waals surface area contributed by atoms with Gasteiger partial charge in [-0.25, -0.2) is 4.39 Å². The zero-order valence-corrected chi connectivity index (χ0v) is 12.6. The summed E-state index contributed by atoms with van der Waals surface area (Å²) in [4.78, 5) is 0. The minimum absolute atomic E-state index is 0.254. The molecule has 4 heteroatoms. The summed E-state index contributed by atoms with van der Waals surface area (Å²) in [6.45, 7) is 0. The number of hydrogen-bond donors (Lipinski definition) is 1. The summed E-state index contributed by atoms with van der Waals surface area (Å²) in [6, 6.07) is 2.78. The third kappa shape index (κ3) is 3.46. The van der Waals surface area contributed by atoms with Gasteiger partial charge in [0.1, 0.15) is 5.82 Å². The number of rotatable bonds is 4. The van der Waals surface area contributed by atoms with Crippen molar-refractivity contribution in [3.8, 4) is 0 Å². The molecule has 0 bridgehead atoms. The van der Waals surface area contributed by atoms with Gasteiger partial charge in [-0.05, 0) is 46.8 Å². The molecule has 1 aromatic carbocycles. The summed E-state index contributed by atoms with van der Waals surface area (Å²) < 4.78 is 14.4. The normalized spacial score (nSPS) is 18.2. The lowest BCUT2D eigenvalue weighted by Crippen LogP contribution is -2.13. The van der Waals surface area contributed by atoms with Crippen LogP contribution < -0.4 is 5.73 Å². The maximum absolute atomic E-state index is 13.8. The lowest BCUT2D eigenvalue weighted by molar-refractivity contribution is 0.446. The van der Waals surface area contributed by atoms with Crippen molar-refractivity contribution in [2.75, 3.05) is 0 Å². The van der Waals surface area contributed by atoms with Crippen molar-refractivity contribution in [3.05, 3.63) is 33.0 Å². The van der Waals surface area contributed by atoms with Gasteiger partial charge in [-0.15, -0.1) is 0 Å². The van der Waals surface area contributed by atoms with E-state index in [0.29, 0.717) is 15.1 Å². The standard InChI is InChI=1S/C14H18BrClFN/c15-11-8-13(17)10(7-12(11)16)14(18)6-5-9-3-1-2-4-9/h7-9,14H,1-6,18H2. The van der Waals surface area contributed by atoms with Gasteiger partial charge < -0.3 is 5.73 Å². The molecule has 1 saturated carbocycles. The topological polar surface area (TPSA) is 26.0 Å². The Bertz CT molecular complexity index is 419. The molecule has 1 aromatic rings. The fourth-order valence-corrected chi connectivity index (χ4v) is 3.18. The number of hydrogen-bond acceptors (Lipinski definition) is 1. The summed E-state index contributed by atoms with van der Waals surface area (Å²) in [5.41, 5.74) is 6.61.